The summed E-state index contributed by atoms with van der Waals surface area (Å²) in [5, 5.41) is 38.8. The van der Waals surface area contributed by atoms with Crippen molar-refractivity contribution in [3.05, 3.63) is 0 Å². The number of aliphatic hydroxyl groups is 4. The Bertz CT molecular complexity index is 245. The van der Waals surface area contributed by atoms with E-state index in [9.17, 15) is 19.8 Å². The SMILES string of the molecule is C[C@@H](O)[C@H](O)[C@H](NC(=O)CCCO)[C@@H](O)C=O. The number of hydrogen-bond donors (Lipinski definition) is 5. The van der Waals surface area contributed by atoms with Crippen LogP contribution < -0.4 is 5.32 Å². The van der Waals surface area contributed by atoms with Gasteiger partial charge in [0.05, 0.1) is 12.1 Å². The van der Waals surface area contributed by atoms with Crippen molar-refractivity contribution in [1.29, 1.82) is 0 Å². The normalized spacial score (nSPS) is 17.9. The Morgan fingerprint density at radius 1 is 1.35 bits per heavy atom. The van der Waals surface area contributed by atoms with E-state index < -0.39 is 30.3 Å². The first-order valence-electron chi connectivity index (χ1n) is 5.33. The van der Waals surface area contributed by atoms with E-state index in [0.717, 1.165) is 0 Å². The molecule has 4 atom stereocenters. The lowest BCUT2D eigenvalue weighted by molar-refractivity contribution is -0.128. The second kappa shape index (κ2) is 8.13. The summed E-state index contributed by atoms with van der Waals surface area (Å²) in [6.45, 7) is 1.11. The standard InChI is InChI=1S/C10H19NO6/c1-6(14)10(17)9(7(15)5-13)11-8(16)3-2-4-12/h5-7,9-10,12,14-15,17H,2-4H2,1H3,(H,11,16)/t6-,7+,9-,10+/m1/s1. The molecule has 100 valence electrons. The fraction of sp³-hybridized carbons (Fsp3) is 0.800. The summed E-state index contributed by atoms with van der Waals surface area (Å²) in [6.07, 6.45) is -3.84. The van der Waals surface area contributed by atoms with Crippen LogP contribution in [-0.2, 0) is 9.59 Å². The van der Waals surface area contributed by atoms with Crippen molar-refractivity contribution in [2.24, 2.45) is 0 Å². The minimum atomic E-state index is -1.60. The van der Waals surface area contributed by atoms with Crippen LogP contribution in [0, 0.1) is 0 Å². The van der Waals surface area contributed by atoms with Crippen LogP contribution in [0.15, 0.2) is 0 Å². The van der Waals surface area contributed by atoms with Gasteiger partial charge in [0.2, 0.25) is 5.91 Å². The highest BCUT2D eigenvalue weighted by Crippen LogP contribution is 2.04. The van der Waals surface area contributed by atoms with Crippen molar-refractivity contribution in [2.45, 2.75) is 44.1 Å². The van der Waals surface area contributed by atoms with E-state index in [1.54, 1.807) is 0 Å². The Labute approximate surface area is 99.1 Å². The van der Waals surface area contributed by atoms with Gasteiger partial charge in [-0.05, 0) is 13.3 Å². The Morgan fingerprint density at radius 2 is 1.94 bits per heavy atom. The molecule has 0 saturated carbocycles. The molecule has 0 rings (SSSR count). The number of aldehydes is 1. The van der Waals surface area contributed by atoms with Gasteiger partial charge in [-0.3, -0.25) is 4.79 Å². The summed E-state index contributed by atoms with van der Waals surface area (Å²) in [4.78, 5) is 21.8. The van der Waals surface area contributed by atoms with Crippen molar-refractivity contribution < 1.29 is 30.0 Å². The predicted octanol–water partition coefficient (Wildman–Crippen LogP) is -2.45. The number of carbonyl (C=O) groups is 2. The molecule has 0 aromatic carbocycles. The number of amides is 1. The summed E-state index contributed by atoms with van der Waals surface area (Å²) in [5.41, 5.74) is 0. The fourth-order valence-electron chi connectivity index (χ4n) is 1.26. The molecule has 0 aliphatic carbocycles. The molecule has 0 radical (unpaired) electrons. The second-order valence-corrected chi connectivity index (χ2v) is 3.78. The first-order chi connectivity index (χ1) is 7.93. The largest absolute Gasteiger partial charge is 0.396 e. The first kappa shape index (κ1) is 16.0. The molecular weight excluding hydrogens is 230 g/mol. The van der Waals surface area contributed by atoms with Gasteiger partial charge in [0, 0.05) is 13.0 Å². The first-order valence-corrected chi connectivity index (χ1v) is 5.33. The Kier molecular flexibility index (Phi) is 7.64. The van der Waals surface area contributed by atoms with Crippen LogP contribution in [0.3, 0.4) is 0 Å². The lowest BCUT2D eigenvalue weighted by atomic mass is 10.0. The quantitative estimate of drug-likeness (QED) is 0.304. The average molecular weight is 249 g/mol. The van der Waals surface area contributed by atoms with Crippen molar-refractivity contribution in [3.63, 3.8) is 0 Å². The number of carbonyl (C=O) groups excluding carboxylic acids is 2. The van der Waals surface area contributed by atoms with Crippen LogP contribution in [0.1, 0.15) is 19.8 Å². The molecule has 1 amide bonds. The van der Waals surface area contributed by atoms with Crippen molar-refractivity contribution in [3.8, 4) is 0 Å². The van der Waals surface area contributed by atoms with Gasteiger partial charge in [0.25, 0.3) is 0 Å². The molecule has 0 aliphatic rings. The third-order valence-corrected chi connectivity index (χ3v) is 2.26. The zero-order valence-corrected chi connectivity index (χ0v) is 9.61. The van der Waals surface area contributed by atoms with Crippen molar-refractivity contribution in [1.82, 2.24) is 5.32 Å². The van der Waals surface area contributed by atoms with Crippen molar-refractivity contribution >= 4 is 12.2 Å². The number of aliphatic hydroxyl groups excluding tert-OH is 4. The highest BCUT2D eigenvalue weighted by Gasteiger charge is 2.31. The smallest absolute Gasteiger partial charge is 0.220 e. The number of rotatable bonds is 8. The summed E-state index contributed by atoms with van der Waals surface area (Å²) >= 11 is 0. The van der Waals surface area contributed by atoms with Gasteiger partial charge in [-0.15, -0.1) is 0 Å². The second-order valence-electron chi connectivity index (χ2n) is 3.78. The highest BCUT2D eigenvalue weighted by atomic mass is 16.3. The molecule has 0 aromatic rings. The van der Waals surface area contributed by atoms with E-state index in [1.807, 2.05) is 0 Å². The maximum atomic E-state index is 11.3. The van der Waals surface area contributed by atoms with E-state index in [0.29, 0.717) is 0 Å². The molecule has 7 nitrogen and oxygen atoms in total. The third-order valence-electron chi connectivity index (χ3n) is 2.26. The lowest BCUT2D eigenvalue weighted by Gasteiger charge is -2.27. The molecule has 5 N–H and O–H groups in total. The van der Waals surface area contributed by atoms with Gasteiger partial charge in [-0.1, -0.05) is 0 Å². The van der Waals surface area contributed by atoms with E-state index in [2.05, 4.69) is 5.32 Å². The van der Waals surface area contributed by atoms with Crippen LogP contribution in [0.25, 0.3) is 0 Å². The minimum absolute atomic E-state index is 0.00507. The van der Waals surface area contributed by atoms with E-state index in [4.69, 9.17) is 10.2 Å². The summed E-state index contributed by atoms with van der Waals surface area (Å²) < 4.78 is 0. The number of nitrogens with one attached hydrogen (secondary N) is 1. The maximum absolute atomic E-state index is 11.3. The monoisotopic (exact) mass is 249 g/mol. The van der Waals surface area contributed by atoms with Crippen LogP contribution in [0.4, 0.5) is 0 Å². The van der Waals surface area contributed by atoms with E-state index >= 15 is 0 Å². The molecule has 17 heavy (non-hydrogen) atoms. The maximum Gasteiger partial charge on any atom is 0.220 e. The van der Waals surface area contributed by atoms with Crippen LogP contribution in [-0.4, -0.2) is 63.6 Å². The molecule has 0 spiro atoms. The van der Waals surface area contributed by atoms with Gasteiger partial charge in [0.15, 0.2) is 6.29 Å². The lowest BCUT2D eigenvalue weighted by Crippen LogP contribution is -2.54. The van der Waals surface area contributed by atoms with E-state index in [-0.39, 0.29) is 25.7 Å². The topological polar surface area (TPSA) is 127 Å². The average Bonchev–Trinajstić information content (AvgIpc) is 2.31. The summed E-state index contributed by atoms with van der Waals surface area (Å²) in [6, 6.07) is -1.27. The molecule has 0 heterocycles. The molecule has 0 bridgehead atoms. The van der Waals surface area contributed by atoms with E-state index in [1.165, 1.54) is 6.92 Å². The van der Waals surface area contributed by atoms with Gasteiger partial charge >= 0.3 is 0 Å². The molecule has 0 aromatic heterocycles. The minimum Gasteiger partial charge on any atom is -0.396 e. The van der Waals surface area contributed by atoms with Gasteiger partial charge < -0.3 is 30.5 Å². The fourth-order valence-corrected chi connectivity index (χ4v) is 1.26. The zero-order chi connectivity index (χ0) is 13.4. The molecule has 0 unspecified atom stereocenters. The highest BCUT2D eigenvalue weighted by molar-refractivity contribution is 5.77. The van der Waals surface area contributed by atoms with Crippen molar-refractivity contribution in [2.75, 3.05) is 6.61 Å². The molecular formula is C10H19NO6. The number of hydrogen-bond acceptors (Lipinski definition) is 6. The Morgan fingerprint density at radius 3 is 2.35 bits per heavy atom. The van der Waals surface area contributed by atoms with Gasteiger partial charge in [0.1, 0.15) is 12.2 Å². The molecule has 0 saturated heterocycles. The third kappa shape index (κ3) is 5.73. The van der Waals surface area contributed by atoms with Crippen LogP contribution >= 0.6 is 0 Å². The molecule has 0 aliphatic heterocycles. The molecule has 0 fully saturated rings. The zero-order valence-electron chi connectivity index (χ0n) is 9.61. The predicted molar refractivity (Wildman–Crippen MR) is 58.0 cm³/mol. The Balaban J connectivity index is 4.48. The van der Waals surface area contributed by atoms with Crippen LogP contribution in [0.5, 0.6) is 0 Å². The Hall–Kier alpha value is -1.02. The van der Waals surface area contributed by atoms with Gasteiger partial charge in [-0.2, -0.15) is 0 Å². The van der Waals surface area contributed by atoms with Gasteiger partial charge in [-0.25, -0.2) is 0 Å². The van der Waals surface area contributed by atoms with Crippen LogP contribution in [0.2, 0.25) is 0 Å². The summed E-state index contributed by atoms with van der Waals surface area (Å²) in [5.74, 6) is -0.523. The molecule has 7 heteroatoms. The summed E-state index contributed by atoms with van der Waals surface area (Å²) in [7, 11) is 0.